The fourth-order valence-electron chi connectivity index (χ4n) is 4.72. The minimum absolute atomic E-state index is 0.0249. The molecule has 0 radical (unpaired) electrons. The maximum Gasteiger partial charge on any atom is 0.266 e. The second kappa shape index (κ2) is 7.88. The molecule has 0 unspecified atom stereocenters. The first kappa shape index (κ1) is 21.5. The summed E-state index contributed by atoms with van der Waals surface area (Å²) in [4.78, 5) is 15.2. The normalized spacial score (nSPS) is 22.6. The van der Waals surface area contributed by atoms with Gasteiger partial charge in [0.2, 0.25) is 5.91 Å². The largest absolute Gasteiger partial charge is 0.315 e. The van der Waals surface area contributed by atoms with Gasteiger partial charge in [-0.3, -0.25) is 4.79 Å². The van der Waals surface area contributed by atoms with E-state index in [1.807, 2.05) is 61.5 Å². The van der Waals surface area contributed by atoms with Gasteiger partial charge in [0.15, 0.2) is 0 Å². The van der Waals surface area contributed by atoms with Crippen LogP contribution in [0.1, 0.15) is 29.5 Å². The minimum atomic E-state index is -3.89. The third-order valence-corrected chi connectivity index (χ3v) is 9.77. The monoisotopic (exact) mass is 558 g/mol. The van der Waals surface area contributed by atoms with Gasteiger partial charge in [0.1, 0.15) is 6.17 Å². The highest BCUT2D eigenvalue weighted by atomic mass is 127. The fraction of sp³-hybridized carbons (Fsp3) is 0.240. The van der Waals surface area contributed by atoms with Crippen molar-refractivity contribution in [2.45, 2.75) is 40.8 Å². The minimum Gasteiger partial charge on any atom is -0.315 e. The molecule has 2 heterocycles. The summed E-state index contributed by atoms with van der Waals surface area (Å²) in [5, 5.41) is 0. The second-order valence-electron chi connectivity index (χ2n) is 8.37. The summed E-state index contributed by atoms with van der Waals surface area (Å²) >= 11 is 2.38. The van der Waals surface area contributed by atoms with Crippen LogP contribution < -0.4 is 4.31 Å². The Morgan fingerprint density at radius 3 is 2.34 bits per heavy atom. The lowest BCUT2D eigenvalue weighted by Gasteiger charge is -2.46. The van der Waals surface area contributed by atoms with Gasteiger partial charge in [-0.1, -0.05) is 88.8 Å². The molecule has 2 aliphatic rings. The lowest BCUT2D eigenvalue weighted by Crippen LogP contribution is -2.60. The van der Waals surface area contributed by atoms with Gasteiger partial charge in [-0.2, -0.15) is 0 Å². The van der Waals surface area contributed by atoms with Gasteiger partial charge in [0.05, 0.1) is 14.0 Å². The number of anilines is 1. The number of carbonyl (C=O) groups is 1. The molecule has 5 rings (SSSR count). The average molecular weight is 558 g/mol. The van der Waals surface area contributed by atoms with E-state index in [0.29, 0.717) is 25.1 Å². The molecule has 3 aromatic carbocycles. The Morgan fingerprint density at radius 1 is 0.969 bits per heavy atom. The van der Waals surface area contributed by atoms with Crippen LogP contribution in [0.2, 0.25) is 0 Å². The molecular formula is C25H23IN2O3S. The predicted octanol–water partition coefficient (Wildman–Crippen LogP) is 4.98. The molecule has 7 heteroatoms. The van der Waals surface area contributed by atoms with Crippen molar-refractivity contribution in [3.8, 4) is 0 Å². The zero-order chi connectivity index (χ0) is 22.5. The lowest BCUT2D eigenvalue weighted by atomic mass is 9.89. The Balaban J connectivity index is 1.68. The van der Waals surface area contributed by atoms with Gasteiger partial charge in [-0.15, -0.1) is 0 Å². The number of benzene rings is 3. The van der Waals surface area contributed by atoms with Crippen LogP contribution in [0.3, 0.4) is 0 Å². The molecule has 0 aliphatic carbocycles. The van der Waals surface area contributed by atoms with Crippen molar-refractivity contribution in [2.75, 3.05) is 4.31 Å². The van der Waals surface area contributed by atoms with Gasteiger partial charge in [-0.05, 0) is 42.7 Å². The van der Waals surface area contributed by atoms with Crippen LogP contribution in [-0.2, 0) is 24.8 Å². The number of carbonyl (C=O) groups excluding carboxylic acids is 1. The van der Waals surface area contributed by atoms with Crippen LogP contribution in [0.4, 0.5) is 5.69 Å². The number of sulfonamides is 1. The summed E-state index contributed by atoms with van der Waals surface area (Å²) in [6.45, 7) is 2.29. The molecule has 1 amide bonds. The van der Waals surface area contributed by atoms with E-state index in [9.17, 15) is 13.2 Å². The standard InChI is InChI=1S/C25H23IN2O3S/c1-18-11-13-20(14-12-18)32(30,31)28-22-10-6-5-9-21(22)25(26)16-15-23(29)27(24(25)28)17-19-7-3-2-4-8-19/h2-14,24H,15-17H2,1H3/t24-,25-/m1/s1. The first-order valence-corrected chi connectivity index (χ1v) is 13.1. The van der Waals surface area contributed by atoms with E-state index in [0.717, 1.165) is 16.7 Å². The van der Waals surface area contributed by atoms with Crippen molar-refractivity contribution >= 4 is 44.2 Å². The molecule has 0 aromatic heterocycles. The van der Waals surface area contributed by atoms with Crippen LogP contribution in [0, 0.1) is 6.92 Å². The Hall–Kier alpha value is -2.39. The van der Waals surface area contributed by atoms with Crippen molar-refractivity contribution in [1.82, 2.24) is 4.90 Å². The van der Waals surface area contributed by atoms with Crippen LogP contribution in [0.15, 0.2) is 83.8 Å². The third-order valence-electron chi connectivity index (χ3n) is 6.31. The summed E-state index contributed by atoms with van der Waals surface area (Å²) in [5.74, 6) is -0.0249. The van der Waals surface area contributed by atoms with E-state index in [1.165, 1.54) is 4.31 Å². The van der Waals surface area contributed by atoms with E-state index in [4.69, 9.17) is 0 Å². The molecule has 3 aromatic rings. The molecule has 1 saturated heterocycles. The molecular weight excluding hydrogens is 535 g/mol. The van der Waals surface area contributed by atoms with Crippen molar-refractivity contribution in [1.29, 1.82) is 0 Å². The topological polar surface area (TPSA) is 57.7 Å². The number of fused-ring (bicyclic) bond motifs is 3. The number of aryl methyl sites for hydroxylation is 1. The van der Waals surface area contributed by atoms with E-state index >= 15 is 0 Å². The number of hydrogen-bond acceptors (Lipinski definition) is 3. The van der Waals surface area contributed by atoms with E-state index in [-0.39, 0.29) is 10.8 Å². The van der Waals surface area contributed by atoms with E-state index < -0.39 is 19.6 Å². The second-order valence-corrected chi connectivity index (χ2v) is 12.1. The van der Waals surface area contributed by atoms with Gasteiger partial charge >= 0.3 is 0 Å². The van der Waals surface area contributed by atoms with Gasteiger partial charge < -0.3 is 4.90 Å². The number of rotatable bonds is 4. The smallest absolute Gasteiger partial charge is 0.266 e. The Bertz CT molecular complexity index is 1280. The van der Waals surface area contributed by atoms with Crippen LogP contribution in [-0.4, -0.2) is 25.4 Å². The van der Waals surface area contributed by atoms with Crippen LogP contribution in [0.25, 0.3) is 0 Å². The molecule has 0 spiro atoms. The van der Waals surface area contributed by atoms with Crippen molar-refractivity contribution in [2.24, 2.45) is 0 Å². The number of hydrogen-bond donors (Lipinski definition) is 0. The SMILES string of the molecule is Cc1ccc(S(=O)(=O)N2c3ccccc3[C@]3(I)CCC(=O)N(Cc4ccccc4)[C@H]23)cc1. The molecule has 5 nitrogen and oxygen atoms in total. The quantitative estimate of drug-likeness (QED) is 0.335. The zero-order valence-corrected chi connectivity index (χ0v) is 20.6. The average Bonchev–Trinajstić information content (AvgIpc) is 3.07. The number of likely N-dealkylation sites (tertiary alicyclic amines) is 1. The maximum atomic E-state index is 14.0. The van der Waals surface area contributed by atoms with Gasteiger partial charge in [0.25, 0.3) is 10.0 Å². The van der Waals surface area contributed by atoms with Crippen molar-refractivity contribution in [3.05, 3.63) is 95.6 Å². The molecule has 1 fully saturated rings. The van der Waals surface area contributed by atoms with Gasteiger partial charge in [0, 0.05) is 13.0 Å². The molecule has 0 N–H and O–H groups in total. The van der Waals surface area contributed by atoms with Crippen molar-refractivity contribution < 1.29 is 13.2 Å². The van der Waals surface area contributed by atoms with Crippen molar-refractivity contribution in [3.63, 3.8) is 0 Å². The molecule has 164 valence electrons. The number of para-hydroxylation sites is 1. The highest BCUT2D eigenvalue weighted by Gasteiger charge is 2.59. The maximum absolute atomic E-state index is 14.0. The highest BCUT2D eigenvalue weighted by molar-refractivity contribution is 14.1. The molecule has 2 aliphatic heterocycles. The number of amides is 1. The Labute approximate surface area is 202 Å². The summed E-state index contributed by atoms with van der Waals surface area (Å²) in [5.41, 5.74) is 3.59. The molecule has 0 saturated carbocycles. The number of halogens is 1. The van der Waals surface area contributed by atoms with E-state index in [2.05, 4.69) is 22.6 Å². The highest BCUT2D eigenvalue weighted by Crippen LogP contribution is 2.57. The lowest BCUT2D eigenvalue weighted by molar-refractivity contribution is -0.137. The number of nitrogens with zero attached hydrogens (tertiary/aromatic N) is 2. The first-order valence-electron chi connectivity index (χ1n) is 10.6. The summed E-state index contributed by atoms with van der Waals surface area (Å²) < 4.78 is 29.0. The molecule has 32 heavy (non-hydrogen) atoms. The Kier molecular flexibility index (Phi) is 5.28. The summed E-state index contributed by atoms with van der Waals surface area (Å²) in [7, 11) is -3.89. The molecule has 2 atom stereocenters. The van der Waals surface area contributed by atoms with Crippen LogP contribution in [0.5, 0.6) is 0 Å². The first-order chi connectivity index (χ1) is 15.3. The number of piperidine rings is 1. The molecule has 0 bridgehead atoms. The summed E-state index contributed by atoms with van der Waals surface area (Å²) in [6.07, 6.45) is 0.353. The number of alkyl halides is 1. The van der Waals surface area contributed by atoms with Crippen LogP contribution >= 0.6 is 22.6 Å². The van der Waals surface area contributed by atoms with Gasteiger partial charge in [-0.25, -0.2) is 12.7 Å². The third kappa shape index (κ3) is 3.33. The fourth-order valence-corrected chi connectivity index (χ4v) is 7.93. The summed E-state index contributed by atoms with van der Waals surface area (Å²) in [6, 6.07) is 24.3. The Morgan fingerprint density at radius 2 is 1.62 bits per heavy atom. The zero-order valence-electron chi connectivity index (χ0n) is 17.6. The van der Waals surface area contributed by atoms with E-state index in [1.54, 1.807) is 29.2 Å². The predicted molar refractivity (Wildman–Crippen MR) is 133 cm³/mol.